The monoisotopic (exact) mass is 434 g/mol. The molecule has 1 fully saturated rings. The Labute approximate surface area is 186 Å². The van der Waals surface area contributed by atoms with E-state index in [-0.39, 0.29) is 17.3 Å². The van der Waals surface area contributed by atoms with Gasteiger partial charge in [-0.2, -0.15) is 0 Å². The third-order valence-corrected chi connectivity index (χ3v) is 4.88. The van der Waals surface area contributed by atoms with Crippen molar-refractivity contribution in [2.45, 2.75) is 20.3 Å². The number of amides is 2. The van der Waals surface area contributed by atoms with Gasteiger partial charge in [-0.15, -0.1) is 6.42 Å². The number of thiocarbonyl (C=S) groups is 1. The molecule has 1 aliphatic rings. The molecule has 3 rings (SSSR count). The number of hydrogen-bond acceptors (Lipinski definition) is 5. The number of terminal acetylenes is 1. The Balaban J connectivity index is 1.95. The summed E-state index contributed by atoms with van der Waals surface area (Å²) in [6.45, 7) is 4.41. The van der Waals surface area contributed by atoms with Crippen molar-refractivity contribution in [2.75, 3.05) is 18.1 Å². The predicted molar refractivity (Wildman–Crippen MR) is 124 cm³/mol. The van der Waals surface area contributed by atoms with Crippen molar-refractivity contribution in [2.24, 2.45) is 0 Å². The topological polar surface area (TPSA) is 67.9 Å². The van der Waals surface area contributed by atoms with Crippen LogP contribution in [0.25, 0.3) is 6.08 Å². The minimum absolute atomic E-state index is 0.0343. The summed E-state index contributed by atoms with van der Waals surface area (Å²) in [5.41, 5.74) is 2.29. The Hall–Kier alpha value is -3.63. The lowest BCUT2D eigenvalue weighted by Crippen LogP contribution is -2.54. The maximum atomic E-state index is 13.2. The number of anilines is 1. The molecule has 2 amide bonds. The summed E-state index contributed by atoms with van der Waals surface area (Å²) in [5, 5.41) is 2.63. The number of carbonyl (C=O) groups excluding carboxylic acids is 2. The lowest BCUT2D eigenvalue weighted by atomic mass is 10.1. The first kappa shape index (κ1) is 22.1. The second-order valence-electron chi connectivity index (χ2n) is 6.61. The molecule has 1 heterocycles. The van der Waals surface area contributed by atoms with Crippen LogP contribution in [-0.2, 0) is 16.0 Å². The molecule has 0 unspecified atom stereocenters. The maximum absolute atomic E-state index is 13.2. The normalized spacial score (nSPS) is 14.9. The Kier molecular flexibility index (Phi) is 7.06. The Morgan fingerprint density at radius 3 is 2.48 bits per heavy atom. The second kappa shape index (κ2) is 9.92. The zero-order chi connectivity index (χ0) is 22.4. The first-order valence-corrected chi connectivity index (χ1v) is 10.2. The standard InChI is InChI=1S/C24H22N2O4S/c1-4-13-30-20-12-9-17(15-21(20)29-6-3)14-19-22(27)25-24(31)26(23(19)28)18-10-7-16(5-2)8-11-18/h1,7-12,14-15H,5-6,13H2,2-3H3,(H,25,27,31). The minimum Gasteiger partial charge on any atom is -0.490 e. The molecular formula is C24H22N2O4S. The van der Waals surface area contributed by atoms with E-state index in [9.17, 15) is 9.59 Å². The van der Waals surface area contributed by atoms with Gasteiger partial charge in [-0.3, -0.25) is 19.8 Å². The van der Waals surface area contributed by atoms with Crippen molar-refractivity contribution in [3.8, 4) is 23.8 Å². The van der Waals surface area contributed by atoms with Crippen LogP contribution in [0, 0.1) is 12.3 Å². The van der Waals surface area contributed by atoms with Gasteiger partial charge in [0.2, 0.25) is 0 Å². The van der Waals surface area contributed by atoms with Crippen LogP contribution in [0.4, 0.5) is 5.69 Å². The minimum atomic E-state index is -0.554. The van der Waals surface area contributed by atoms with Gasteiger partial charge in [-0.1, -0.05) is 31.0 Å². The van der Waals surface area contributed by atoms with Gasteiger partial charge in [-0.05, 0) is 67.0 Å². The summed E-state index contributed by atoms with van der Waals surface area (Å²) in [6.07, 6.45) is 7.63. The third-order valence-electron chi connectivity index (χ3n) is 4.59. The number of hydrogen-bond donors (Lipinski definition) is 1. The molecule has 7 heteroatoms. The predicted octanol–water partition coefficient (Wildman–Crippen LogP) is 3.49. The molecule has 0 aliphatic carbocycles. The molecule has 1 aliphatic heterocycles. The number of rotatable bonds is 7. The van der Waals surface area contributed by atoms with Crippen molar-refractivity contribution in [1.29, 1.82) is 0 Å². The fourth-order valence-corrected chi connectivity index (χ4v) is 3.34. The number of ether oxygens (including phenoxy) is 2. The highest BCUT2D eigenvalue weighted by molar-refractivity contribution is 7.80. The van der Waals surface area contributed by atoms with E-state index >= 15 is 0 Å². The van der Waals surface area contributed by atoms with E-state index < -0.39 is 11.8 Å². The third kappa shape index (κ3) is 4.93. The van der Waals surface area contributed by atoms with Crippen LogP contribution in [0.1, 0.15) is 25.0 Å². The Bertz CT molecular complexity index is 1080. The van der Waals surface area contributed by atoms with Crippen LogP contribution in [0.15, 0.2) is 48.0 Å². The van der Waals surface area contributed by atoms with Crippen LogP contribution in [0.2, 0.25) is 0 Å². The summed E-state index contributed by atoms with van der Waals surface area (Å²) in [4.78, 5) is 27.0. The van der Waals surface area contributed by atoms with Gasteiger partial charge in [0.25, 0.3) is 11.8 Å². The van der Waals surface area contributed by atoms with Crippen molar-refractivity contribution < 1.29 is 19.1 Å². The van der Waals surface area contributed by atoms with E-state index in [0.717, 1.165) is 12.0 Å². The smallest absolute Gasteiger partial charge is 0.270 e. The Morgan fingerprint density at radius 2 is 1.84 bits per heavy atom. The maximum Gasteiger partial charge on any atom is 0.270 e. The number of nitrogens with one attached hydrogen (secondary N) is 1. The first-order chi connectivity index (χ1) is 15.0. The van der Waals surface area contributed by atoms with Gasteiger partial charge in [-0.25, -0.2) is 0 Å². The van der Waals surface area contributed by atoms with Crippen LogP contribution < -0.4 is 19.7 Å². The van der Waals surface area contributed by atoms with Gasteiger partial charge in [0.15, 0.2) is 16.6 Å². The number of aryl methyl sites for hydroxylation is 1. The number of benzene rings is 2. The van der Waals surface area contributed by atoms with E-state index in [0.29, 0.717) is 29.4 Å². The first-order valence-electron chi connectivity index (χ1n) is 9.82. The Morgan fingerprint density at radius 1 is 1.10 bits per heavy atom. The molecule has 0 spiro atoms. The van der Waals surface area contributed by atoms with E-state index in [1.54, 1.807) is 18.2 Å². The summed E-state index contributed by atoms with van der Waals surface area (Å²) < 4.78 is 11.1. The molecule has 2 aromatic carbocycles. The van der Waals surface area contributed by atoms with Crippen LogP contribution in [0.3, 0.4) is 0 Å². The average molecular weight is 435 g/mol. The summed E-state index contributed by atoms with van der Waals surface area (Å²) >= 11 is 5.25. The van der Waals surface area contributed by atoms with E-state index in [1.807, 2.05) is 38.1 Å². The van der Waals surface area contributed by atoms with Gasteiger partial charge in [0, 0.05) is 0 Å². The van der Waals surface area contributed by atoms with Gasteiger partial charge >= 0.3 is 0 Å². The quantitative estimate of drug-likeness (QED) is 0.313. The van der Waals surface area contributed by atoms with Crippen molar-refractivity contribution in [3.63, 3.8) is 0 Å². The van der Waals surface area contributed by atoms with Crippen molar-refractivity contribution in [1.82, 2.24) is 5.32 Å². The highest BCUT2D eigenvalue weighted by Gasteiger charge is 2.34. The van der Waals surface area contributed by atoms with Crippen LogP contribution in [-0.4, -0.2) is 30.1 Å². The van der Waals surface area contributed by atoms with E-state index in [2.05, 4.69) is 11.2 Å². The summed E-state index contributed by atoms with van der Waals surface area (Å²) in [7, 11) is 0. The molecule has 0 atom stereocenters. The van der Waals surface area contributed by atoms with Gasteiger partial charge in [0.1, 0.15) is 12.2 Å². The SMILES string of the molecule is C#CCOc1ccc(C=C2C(=O)NC(=S)N(c3ccc(CC)cc3)C2=O)cc1OCC. The number of nitrogens with zero attached hydrogens (tertiary/aromatic N) is 1. The highest BCUT2D eigenvalue weighted by Crippen LogP contribution is 2.30. The fourth-order valence-electron chi connectivity index (χ4n) is 3.06. The zero-order valence-electron chi connectivity index (χ0n) is 17.3. The molecule has 1 N–H and O–H groups in total. The molecule has 6 nitrogen and oxygen atoms in total. The second-order valence-corrected chi connectivity index (χ2v) is 7.00. The van der Waals surface area contributed by atoms with Crippen molar-refractivity contribution >= 4 is 40.9 Å². The van der Waals surface area contributed by atoms with Crippen LogP contribution in [0.5, 0.6) is 11.5 Å². The molecule has 31 heavy (non-hydrogen) atoms. The van der Waals surface area contributed by atoms with Gasteiger partial charge < -0.3 is 9.47 Å². The van der Waals surface area contributed by atoms with E-state index in [1.165, 1.54) is 11.0 Å². The molecule has 0 radical (unpaired) electrons. The lowest BCUT2D eigenvalue weighted by Gasteiger charge is -2.29. The summed E-state index contributed by atoms with van der Waals surface area (Å²) in [6, 6.07) is 12.6. The average Bonchev–Trinajstić information content (AvgIpc) is 2.76. The zero-order valence-corrected chi connectivity index (χ0v) is 18.1. The molecule has 2 aromatic rings. The molecular weight excluding hydrogens is 412 g/mol. The highest BCUT2D eigenvalue weighted by atomic mass is 32.1. The largest absolute Gasteiger partial charge is 0.490 e. The van der Waals surface area contributed by atoms with Crippen molar-refractivity contribution in [3.05, 3.63) is 59.2 Å². The van der Waals surface area contributed by atoms with Gasteiger partial charge in [0.05, 0.1) is 12.3 Å². The molecule has 0 bridgehead atoms. The van der Waals surface area contributed by atoms with Crippen LogP contribution >= 0.6 is 12.2 Å². The molecule has 0 aromatic heterocycles. The number of carbonyl (C=O) groups is 2. The molecule has 1 saturated heterocycles. The molecule has 0 saturated carbocycles. The summed E-state index contributed by atoms with van der Waals surface area (Å²) in [5.74, 6) is 2.31. The molecule has 158 valence electrons. The van der Waals surface area contributed by atoms with E-state index in [4.69, 9.17) is 28.1 Å². The lowest BCUT2D eigenvalue weighted by molar-refractivity contribution is -0.122. The fraction of sp³-hybridized carbons (Fsp3) is 0.208.